The molecule has 0 unspecified atom stereocenters. The predicted molar refractivity (Wildman–Crippen MR) is 111 cm³/mol. The second-order valence-corrected chi connectivity index (χ2v) is 6.76. The molecule has 6 heteroatoms. The lowest BCUT2D eigenvalue weighted by molar-refractivity contribution is -0.119. The minimum absolute atomic E-state index is 0.0603. The van der Waals surface area contributed by atoms with E-state index in [-0.39, 0.29) is 18.5 Å². The molecule has 0 atom stereocenters. The summed E-state index contributed by atoms with van der Waals surface area (Å²) in [7, 11) is 1.59. The fourth-order valence-electron chi connectivity index (χ4n) is 3.38. The van der Waals surface area contributed by atoms with Crippen molar-refractivity contribution < 1.29 is 14.3 Å². The quantitative estimate of drug-likeness (QED) is 0.699. The van der Waals surface area contributed by atoms with Gasteiger partial charge in [-0.2, -0.15) is 0 Å². The number of hydrogen-bond acceptors (Lipinski definition) is 3. The summed E-state index contributed by atoms with van der Waals surface area (Å²) in [5.41, 5.74) is 1.60. The molecule has 0 aromatic heterocycles. The highest BCUT2D eigenvalue weighted by molar-refractivity contribution is 6.01. The third-order valence-corrected chi connectivity index (χ3v) is 4.90. The molecule has 28 heavy (non-hydrogen) atoms. The van der Waals surface area contributed by atoms with Gasteiger partial charge in [0.15, 0.2) is 0 Å². The zero-order valence-electron chi connectivity index (χ0n) is 16.5. The number of benzene rings is 2. The third-order valence-electron chi connectivity index (χ3n) is 4.90. The van der Waals surface area contributed by atoms with E-state index in [1.165, 1.54) is 0 Å². The minimum atomic E-state index is -0.165. The van der Waals surface area contributed by atoms with Crippen molar-refractivity contribution in [1.82, 2.24) is 4.90 Å². The van der Waals surface area contributed by atoms with Gasteiger partial charge in [-0.3, -0.25) is 9.69 Å². The van der Waals surface area contributed by atoms with E-state index in [1.807, 2.05) is 54.6 Å². The largest absolute Gasteiger partial charge is 0.495 e. The smallest absolute Gasteiger partial charge is 0.325 e. The van der Waals surface area contributed by atoms with Crippen molar-refractivity contribution in [1.29, 1.82) is 0 Å². The van der Waals surface area contributed by atoms with Gasteiger partial charge in [0, 0.05) is 25.3 Å². The lowest BCUT2D eigenvalue weighted by Crippen LogP contribution is -2.42. The van der Waals surface area contributed by atoms with E-state index in [0.29, 0.717) is 25.4 Å². The van der Waals surface area contributed by atoms with Gasteiger partial charge >= 0.3 is 6.03 Å². The van der Waals surface area contributed by atoms with E-state index >= 15 is 0 Å². The number of urea groups is 1. The van der Waals surface area contributed by atoms with Gasteiger partial charge < -0.3 is 14.5 Å². The van der Waals surface area contributed by atoms with E-state index in [2.05, 4.69) is 6.92 Å². The number of carbonyl (C=O) groups is 2. The molecule has 0 N–H and O–H groups in total. The lowest BCUT2D eigenvalue weighted by Gasteiger charge is -2.26. The van der Waals surface area contributed by atoms with Crippen LogP contribution in [0.3, 0.4) is 0 Å². The molecule has 1 fully saturated rings. The van der Waals surface area contributed by atoms with Crippen LogP contribution < -0.4 is 14.5 Å². The average Bonchev–Trinajstić information content (AvgIpc) is 3.09. The predicted octanol–water partition coefficient (Wildman–Crippen LogP) is 3.77. The summed E-state index contributed by atoms with van der Waals surface area (Å²) in [6.07, 6.45) is 1.92. The number of anilines is 2. The van der Waals surface area contributed by atoms with Crippen LogP contribution in [0.5, 0.6) is 5.75 Å². The molecule has 2 aromatic rings. The number of carbonyl (C=O) groups excluding carboxylic acids is 2. The summed E-state index contributed by atoms with van der Waals surface area (Å²) in [6, 6.07) is 16.9. The second kappa shape index (κ2) is 9.26. The second-order valence-electron chi connectivity index (χ2n) is 6.76. The van der Waals surface area contributed by atoms with E-state index in [9.17, 15) is 9.59 Å². The molecule has 0 spiro atoms. The number of unbranched alkanes of at least 4 members (excludes halogenated alkanes) is 1. The van der Waals surface area contributed by atoms with Crippen LogP contribution in [0.1, 0.15) is 19.8 Å². The van der Waals surface area contributed by atoms with E-state index < -0.39 is 0 Å². The van der Waals surface area contributed by atoms with E-state index in [4.69, 9.17) is 4.74 Å². The summed E-state index contributed by atoms with van der Waals surface area (Å²) in [5.74, 6) is 0.591. The van der Waals surface area contributed by atoms with Crippen molar-refractivity contribution in [2.45, 2.75) is 19.8 Å². The maximum atomic E-state index is 13.0. The molecule has 1 heterocycles. The number of amides is 3. The molecular formula is C22H27N3O3. The highest BCUT2D eigenvalue weighted by Crippen LogP contribution is 2.30. The normalized spacial score (nSPS) is 13.7. The van der Waals surface area contributed by atoms with Gasteiger partial charge in [-0.15, -0.1) is 0 Å². The Morgan fingerprint density at radius 2 is 1.79 bits per heavy atom. The Bertz CT molecular complexity index is 810. The molecule has 1 aliphatic rings. The van der Waals surface area contributed by atoms with E-state index in [1.54, 1.807) is 21.8 Å². The topological polar surface area (TPSA) is 53.1 Å². The maximum absolute atomic E-state index is 13.0. The zero-order chi connectivity index (χ0) is 19.9. The molecule has 0 bridgehead atoms. The van der Waals surface area contributed by atoms with Crippen molar-refractivity contribution >= 4 is 23.3 Å². The molecule has 3 rings (SSSR count). The van der Waals surface area contributed by atoms with Crippen LogP contribution in [0.4, 0.5) is 16.2 Å². The molecule has 0 saturated carbocycles. The summed E-state index contributed by atoms with van der Waals surface area (Å²) in [4.78, 5) is 31.0. The van der Waals surface area contributed by atoms with Crippen molar-refractivity contribution in [3.63, 3.8) is 0 Å². The molecular weight excluding hydrogens is 354 g/mol. The standard InChI is InChI=1S/C22H27N3O3/c1-3-4-14-24(18-10-6-5-7-11-18)21(26)17-23-15-16-25(22(23)27)19-12-8-9-13-20(19)28-2/h5-13H,3-4,14-17H2,1-2H3. The number of para-hydroxylation sites is 3. The number of methoxy groups -OCH3 is 1. The highest BCUT2D eigenvalue weighted by atomic mass is 16.5. The van der Waals surface area contributed by atoms with Crippen LogP contribution in [0.15, 0.2) is 54.6 Å². The average molecular weight is 381 g/mol. The first-order valence-electron chi connectivity index (χ1n) is 9.70. The highest BCUT2D eigenvalue weighted by Gasteiger charge is 2.33. The van der Waals surface area contributed by atoms with Gasteiger partial charge in [0.05, 0.1) is 12.8 Å². The molecule has 1 aliphatic heterocycles. The van der Waals surface area contributed by atoms with Crippen molar-refractivity contribution in [3.8, 4) is 5.75 Å². The SMILES string of the molecule is CCCCN(C(=O)CN1CCN(c2ccccc2OC)C1=O)c1ccccc1. The van der Waals surface area contributed by atoms with Gasteiger partial charge in [0.2, 0.25) is 5.91 Å². The van der Waals surface area contributed by atoms with Crippen LogP contribution in [-0.4, -0.2) is 50.1 Å². The summed E-state index contributed by atoms with van der Waals surface area (Å²) >= 11 is 0. The number of rotatable bonds is 8. The van der Waals surface area contributed by atoms with Gasteiger partial charge in [0.25, 0.3) is 0 Å². The van der Waals surface area contributed by atoms with E-state index in [0.717, 1.165) is 24.2 Å². The first-order chi connectivity index (χ1) is 13.7. The molecule has 0 radical (unpaired) electrons. The summed E-state index contributed by atoms with van der Waals surface area (Å²) in [5, 5.41) is 0. The Balaban J connectivity index is 1.72. The molecule has 6 nitrogen and oxygen atoms in total. The monoisotopic (exact) mass is 381 g/mol. The van der Waals surface area contributed by atoms with Gasteiger partial charge in [-0.05, 0) is 30.7 Å². The van der Waals surface area contributed by atoms with Crippen molar-refractivity contribution in [2.24, 2.45) is 0 Å². The maximum Gasteiger partial charge on any atom is 0.325 e. The van der Waals surface area contributed by atoms with Gasteiger partial charge in [-0.25, -0.2) is 4.79 Å². The van der Waals surface area contributed by atoms with Crippen LogP contribution in [-0.2, 0) is 4.79 Å². The first-order valence-corrected chi connectivity index (χ1v) is 9.70. The number of hydrogen-bond donors (Lipinski definition) is 0. The van der Waals surface area contributed by atoms with Crippen LogP contribution in [0.25, 0.3) is 0 Å². The Hall–Kier alpha value is -3.02. The van der Waals surface area contributed by atoms with Crippen LogP contribution in [0, 0.1) is 0 Å². The molecule has 148 valence electrons. The first kappa shape index (κ1) is 19.7. The van der Waals surface area contributed by atoms with Gasteiger partial charge in [0.1, 0.15) is 12.3 Å². The lowest BCUT2D eigenvalue weighted by atomic mass is 10.2. The minimum Gasteiger partial charge on any atom is -0.495 e. The van der Waals surface area contributed by atoms with Crippen LogP contribution in [0.2, 0.25) is 0 Å². The zero-order valence-corrected chi connectivity index (χ0v) is 16.5. The molecule has 0 aliphatic carbocycles. The van der Waals surface area contributed by atoms with Gasteiger partial charge in [-0.1, -0.05) is 43.7 Å². The molecule has 2 aromatic carbocycles. The number of ether oxygens (including phenoxy) is 1. The molecule has 3 amide bonds. The Morgan fingerprint density at radius 1 is 1.07 bits per heavy atom. The number of nitrogens with zero attached hydrogens (tertiary/aromatic N) is 3. The fourth-order valence-corrected chi connectivity index (χ4v) is 3.38. The Kier molecular flexibility index (Phi) is 6.53. The summed E-state index contributed by atoms with van der Waals surface area (Å²) in [6.45, 7) is 3.87. The summed E-state index contributed by atoms with van der Waals surface area (Å²) < 4.78 is 5.38. The van der Waals surface area contributed by atoms with Crippen molar-refractivity contribution in [2.75, 3.05) is 43.1 Å². The Labute approximate surface area is 166 Å². The molecule has 1 saturated heterocycles. The Morgan fingerprint density at radius 3 is 2.50 bits per heavy atom. The fraction of sp³-hybridized carbons (Fsp3) is 0.364. The third kappa shape index (κ3) is 4.27. The van der Waals surface area contributed by atoms with Crippen LogP contribution >= 0.6 is 0 Å². The van der Waals surface area contributed by atoms with Crippen molar-refractivity contribution in [3.05, 3.63) is 54.6 Å².